The van der Waals surface area contributed by atoms with E-state index in [0.29, 0.717) is 31.4 Å². The molecule has 0 aromatic heterocycles. The van der Waals surface area contributed by atoms with E-state index in [1.165, 1.54) is 38.5 Å². The highest BCUT2D eigenvalue weighted by Gasteiger charge is 2.30. The molecule has 1 aliphatic rings. The van der Waals surface area contributed by atoms with Gasteiger partial charge in [-0.15, -0.1) is 0 Å². The first-order valence-electron chi connectivity index (χ1n) is 17.6. The summed E-state index contributed by atoms with van der Waals surface area (Å²) in [6.45, 7) is 2.49. The Morgan fingerprint density at radius 3 is 2.27 bits per heavy atom. The van der Waals surface area contributed by atoms with E-state index in [2.05, 4.69) is 13.0 Å². The van der Waals surface area contributed by atoms with Gasteiger partial charge in [0.15, 0.2) is 17.3 Å². The van der Waals surface area contributed by atoms with Crippen LogP contribution in [0.3, 0.4) is 0 Å². The number of phenolic OH excluding ortho intramolecular Hbond substituents is 3. The zero-order valence-corrected chi connectivity index (χ0v) is 28.5. The molecule has 7 heteroatoms. The second-order valence-electron chi connectivity index (χ2n) is 13.5. The van der Waals surface area contributed by atoms with E-state index in [1.807, 2.05) is 54.6 Å². The Morgan fingerprint density at radius 2 is 1.57 bits per heavy atom. The third-order valence-corrected chi connectivity index (χ3v) is 9.84. The highest BCUT2D eigenvalue weighted by Crippen LogP contribution is 2.43. The molecule has 0 unspecified atom stereocenters. The fourth-order valence-electron chi connectivity index (χ4n) is 6.95. The van der Waals surface area contributed by atoms with Crippen LogP contribution in [0.15, 0.2) is 91.0 Å². The van der Waals surface area contributed by atoms with E-state index in [-0.39, 0.29) is 35.1 Å². The predicted octanol–water partition coefficient (Wildman–Crippen LogP) is 8.41. The maximum atomic E-state index is 12.8. The molecule has 7 N–H and O–H groups in total. The topological polar surface area (TPSA) is 139 Å². The van der Waals surface area contributed by atoms with Crippen LogP contribution in [-0.2, 0) is 24.1 Å². The molecule has 0 aliphatic heterocycles. The highest BCUT2D eigenvalue weighted by molar-refractivity contribution is 5.89. The van der Waals surface area contributed by atoms with Gasteiger partial charge in [-0.05, 0) is 101 Å². The molecule has 1 saturated carbocycles. The van der Waals surface area contributed by atoms with Gasteiger partial charge in [-0.25, -0.2) is 0 Å². The molecule has 0 radical (unpaired) electrons. The van der Waals surface area contributed by atoms with Gasteiger partial charge in [-0.3, -0.25) is 4.79 Å². The van der Waals surface area contributed by atoms with Gasteiger partial charge in [0.2, 0.25) is 0 Å². The summed E-state index contributed by atoms with van der Waals surface area (Å²) in [6.07, 6.45) is 13.7. The molecule has 0 amide bonds. The van der Waals surface area contributed by atoms with Crippen molar-refractivity contribution < 1.29 is 24.9 Å². The quantitative estimate of drug-likeness (QED) is 0.0600. The van der Waals surface area contributed by atoms with Crippen molar-refractivity contribution in [2.45, 2.75) is 83.7 Å². The van der Waals surface area contributed by atoms with Crippen LogP contribution in [0.5, 0.6) is 23.0 Å². The summed E-state index contributed by atoms with van der Waals surface area (Å²) in [5, 5.41) is 31.6. The molecule has 0 saturated heterocycles. The molecule has 1 aliphatic carbocycles. The van der Waals surface area contributed by atoms with Crippen molar-refractivity contribution in [1.29, 1.82) is 0 Å². The number of rotatable bonds is 16. The summed E-state index contributed by atoms with van der Waals surface area (Å²) in [4.78, 5) is 12.8. The Hall–Kier alpha value is -4.59. The molecule has 49 heavy (non-hydrogen) atoms. The van der Waals surface area contributed by atoms with Crippen molar-refractivity contribution in [3.05, 3.63) is 119 Å². The van der Waals surface area contributed by atoms with Crippen LogP contribution in [0.1, 0.15) is 92.3 Å². The van der Waals surface area contributed by atoms with Crippen molar-refractivity contribution in [3.63, 3.8) is 0 Å². The number of ether oxygens (including phenoxy) is 1. The first-order chi connectivity index (χ1) is 23.7. The monoisotopic (exact) mass is 662 g/mol. The lowest BCUT2D eigenvalue weighted by atomic mass is 9.80. The average Bonchev–Trinajstić information content (AvgIpc) is 3.57. The molecule has 0 spiro atoms. The Labute approximate surface area is 290 Å². The fourth-order valence-corrected chi connectivity index (χ4v) is 6.95. The summed E-state index contributed by atoms with van der Waals surface area (Å²) in [5.41, 5.74) is 18.0. The van der Waals surface area contributed by atoms with Crippen LogP contribution in [0.4, 0.5) is 0 Å². The summed E-state index contributed by atoms with van der Waals surface area (Å²) in [6, 6.07) is 23.5. The maximum absolute atomic E-state index is 12.8. The number of allylic oxidation sites excluding steroid dienone is 2. The van der Waals surface area contributed by atoms with Gasteiger partial charge in [-0.1, -0.05) is 87.2 Å². The first kappa shape index (κ1) is 35.7. The summed E-state index contributed by atoms with van der Waals surface area (Å²) in [7, 11) is 0. The van der Waals surface area contributed by atoms with Gasteiger partial charge >= 0.3 is 0 Å². The lowest BCUT2D eigenvalue weighted by Crippen LogP contribution is -2.19. The van der Waals surface area contributed by atoms with E-state index >= 15 is 0 Å². The number of nitrogens with two attached hydrogens (primary N) is 2. The fraction of sp³-hybridized carbons (Fsp3) is 0.357. The van der Waals surface area contributed by atoms with E-state index in [9.17, 15) is 20.1 Å². The minimum absolute atomic E-state index is 0.0415. The standard InChI is InChI=1S/C42H50N2O5/c1-2-3-22-42(23-4-5-24-42)25-20-35(46)15-8-30-9-18-38(48)39(28-30)49-26-21-32-14-19-37(47)36(40(32)31-12-16-34(45)17-13-31)27-29-6-10-33(11-7-29)41(43)44/h6-7,9-14,16-20,25,28,41,45,47-48H,2-5,8,15,21-24,26-27,43-44H2,1H3. The first-order valence-corrected chi connectivity index (χ1v) is 17.6. The van der Waals surface area contributed by atoms with Crippen molar-refractivity contribution in [1.82, 2.24) is 0 Å². The number of benzene rings is 4. The van der Waals surface area contributed by atoms with Gasteiger partial charge in [0.25, 0.3) is 0 Å². The zero-order chi connectivity index (χ0) is 34.8. The minimum Gasteiger partial charge on any atom is -0.508 e. The van der Waals surface area contributed by atoms with Gasteiger partial charge in [0, 0.05) is 24.8 Å². The molecule has 1 fully saturated rings. The van der Waals surface area contributed by atoms with E-state index in [0.717, 1.165) is 45.4 Å². The van der Waals surface area contributed by atoms with Crippen LogP contribution in [-0.4, -0.2) is 27.7 Å². The molecule has 0 bridgehead atoms. The van der Waals surface area contributed by atoms with Crippen LogP contribution in [0.25, 0.3) is 11.1 Å². The van der Waals surface area contributed by atoms with Crippen molar-refractivity contribution >= 4 is 5.78 Å². The third kappa shape index (κ3) is 9.52. The van der Waals surface area contributed by atoms with Gasteiger partial charge in [0.05, 0.1) is 12.8 Å². The highest BCUT2D eigenvalue weighted by atomic mass is 16.5. The molecular formula is C42H50N2O5. The minimum atomic E-state index is -0.563. The lowest BCUT2D eigenvalue weighted by molar-refractivity contribution is -0.114. The van der Waals surface area contributed by atoms with Crippen molar-refractivity contribution in [2.24, 2.45) is 16.9 Å². The number of hydrogen-bond donors (Lipinski definition) is 5. The summed E-state index contributed by atoms with van der Waals surface area (Å²) < 4.78 is 6.11. The number of aryl methyl sites for hydroxylation is 1. The number of carbonyl (C=O) groups excluding carboxylic acids is 1. The number of aromatic hydroxyl groups is 3. The molecule has 0 atom stereocenters. The summed E-state index contributed by atoms with van der Waals surface area (Å²) >= 11 is 0. The largest absolute Gasteiger partial charge is 0.508 e. The number of unbranched alkanes of at least 4 members (excludes halogenated alkanes) is 1. The number of hydrogen-bond acceptors (Lipinski definition) is 7. The SMILES string of the molecule is CCCCC1(C=CC(=O)CCc2ccc(O)c(OCCc3ccc(O)c(Cc4ccc(C(N)N)cc4)c3-c3ccc(O)cc3)c2)CCCC1. The van der Waals surface area contributed by atoms with Crippen LogP contribution in [0, 0.1) is 5.41 Å². The van der Waals surface area contributed by atoms with Gasteiger partial charge < -0.3 is 31.5 Å². The Bertz CT molecular complexity index is 1720. The Kier molecular flexibility index (Phi) is 12.2. The zero-order valence-electron chi connectivity index (χ0n) is 28.5. The van der Waals surface area contributed by atoms with E-state index < -0.39 is 6.17 Å². The second kappa shape index (κ2) is 16.7. The van der Waals surface area contributed by atoms with Crippen LogP contribution >= 0.6 is 0 Å². The molecule has 5 rings (SSSR count). The number of phenols is 3. The van der Waals surface area contributed by atoms with E-state index in [4.69, 9.17) is 16.2 Å². The Morgan fingerprint density at radius 1 is 0.878 bits per heavy atom. The molecular weight excluding hydrogens is 612 g/mol. The smallest absolute Gasteiger partial charge is 0.161 e. The van der Waals surface area contributed by atoms with Gasteiger partial charge in [0.1, 0.15) is 11.5 Å². The Balaban J connectivity index is 1.28. The van der Waals surface area contributed by atoms with Crippen LogP contribution in [0.2, 0.25) is 0 Å². The number of carbonyl (C=O) groups is 1. The van der Waals surface area contributed by atoms with Crippen LogP contribution < -0.4 is 16.2 Å². The lowest BCUT2D eigenvalue weighted by Gasteiger charge is -2.24. The van der Waals surface area contributed by atoms with E-state index in [1.54, 1.807) is 30.3 Å². The molecule has 258 valence electrons. The molecule has 7 nitrogen and oxygen atoms in total. The average molecular weight is 663 g/mol. The normalized spacial score (nSPS) is 14.1. The third-order valence-electron chi connectivity index (χ3n) is 9.84. The van der Waals surface area contributed by atoms with Crippen molar-refractivity contribution in [2.75, 3.05) is 6.61 Å². The van der Waals surface area contributed by atoms with Crippen molar-refractivity contribution in [3.8, 4) is 34.1 Å². The summed E-state index contributed by atoms with van der Waals surface area (Å²) in [5.74, 6) is 0.860. The molecule has 0 heterocycles. The van der Waals surface area contributed by atoms with Gasteiger partial charge in [-0.2, -0.15) is 0 Å². The maximum Gasteiger partial charge on any atom is 0.161 e. The second-order valence-corrected chi connectivity index (χ2v) is 13.5. The predicted molar refractivity (Wildman–Crippen MR) is 196 cm³/mol. The molecule has 4 aromatic carbocycles. The number of ketones is 1. The molecule has 4 aromatic rings.